The standard InChI is InChI=1S/C21H20N2O.ClH/c1-16-12-13-20(22-15-16)23-21(24)19(18-10-6-3-7-11-18)14-17-8-4-2-5-9-17;/h2-13,15,19H,14H2,1H3,(H,22,23,24);1H. The normalized spacial score (nSPS) is 11.2. The second-order valence-corrected chi connectivity index (χ2v) is 5.86. The third kappa shape index (κ3) is 5.16. The van der Waals surface area contributed by atoms with E-state index in [2.05, 4.69) is 10.3 Å². The van der Waals surface area contributed by atoms with Crippen LogP contribution >= 0.6 is 12.4 Å². The van der Waals surface area contributed by atoms with Gasteiger partial charge in [-0.1, -0.05) is 66.7 Å². The van der Waals surface area contributed by atoms with Crippen LogP contribution in [0.5, 0.6) is 0 Å². The van der Waals surface area contributed by atoms with Crippen LogP contribution in [0.4, 0.5) is 5.82 Å². The molecule has 128 valence electrons. The minimum Gasteiger partial charge on any atom is -0.310 e. The van der Waals surface area contributed by atoms with Crippen molar-refractivity contribution in [1.82, 2.24) is 4.98 Å². The summed E-state index contributed by atoms with van der Waals surface area (Å²) in [7, 11) is 0. The Morgan fingerprint density at radius 1 is 0.960 bits per heavy atom. The van der Waals surface area contributed by atoms with Crippen LogP contribution < -0.4 is 5.32 Å². The molecular formula is C21H21ClN2O. The number of carbonyl (C=O) groups is 1. The molecule has 0 bridgehead atoms. The molecule has 0 fully saturated rings. The van der Waals surface area contributed by atoms with Gasteiger partial charge in [0.25, 0.3) is 0 Å². The van der Waals surface area contributed by atoms with Gasteiger partial charge in [0.15, 0.2) is 0 Å². The molecule has 0 spiro atoms. The summed E-state index contributed by atoms with van der Waals surface area (Å²) in [6, 6.07) is 23.7. The van der Waals surface area contributed by atoms with Gasteiger partial charge in [-0.25, -0.2) is 4.98 Å². The maximum absolute atomic E-state index is 12.9. The third-order valence-electron chi connectivity index (χ3n) is 3.96. The van der Waals surface area contributed by atoms with Crippen molar-refractivity contribution < 1.29 is 4.79 Å². The molecule has 1 heterocycles. The maximum atomic E-state index is 12.9. The summed E-state index contributed by atoms with van der Waals surface area (Å²) in [6.07, 6.45) is 2.41. The molecule has 0 aliphatic rings. The number of carbonyl (C=O) groups excluding carboxylic acids is 1. The largest absolute Gasteiger partial charge is 0.310 e. The average molecular weight is 353 g/mol. The first-order valence-corrected chi connectivity index (χ1v) is 8.05. The summed E-state index contributed by atoms with van der Waals surface area (Å²) in [4.78, 5) is 17.1. The Labute approximate surface area is 154 Å². The lowest BCUT2D eigenvalue weighted by Crippen LogP contribution is -2.23. The van der Waals surface area contributed by atoms with Crippen molar-refractivity contribution in [2.24, 2.45) is 0 Å². The lowest BCUT2D eigenvalue weighted by Gasteiger charge is -2.17. The highest BCUT2D eigenvalue weighted by Gasteiger charge is 2.21. The molecule has 1 aromatic heterocycles. The van der Waals surface area contributed by atoms with Crippen molar-refractivity contribution >= 4 is 24.1 Å². The van der Waals surface area contributed by atoms with Crippen LogP contribution in [0.1, 0.15) is 22.6 Å². The summed E-state index contributed by atoms with van der Waals surface area (Å²) < 4.78 is 0. The second-order valence-electron chi connectivity index (χ2n) is 5.86. The van der Waals surface area contributed by atoms with Crippen LogP contribution in [-0.4, -0.2) is 10.9 Å². The molecule has 0 saturated heterocycles. The van der Waals surface area contributed by atoms with Crippen LogP contribution in [0, 0.1) is 6.92 Å². The highest BCUT2D eigenvalue weighted by atomic mass is 35.5. The van der Waals surface area contributed by atoms with E-state index >= 15 is 0 Å². The number of amides is 1. The van der Waals surface area contributed by atoms with Gasteiger partial charge in [0.2, 0.25) is 5.91 Å². The number of nitrogens with zero attached hydrogens (tertiary/aromatic N) is 1. The number of nitrogens with one attached hydrogen (secondary N) is 1. The van der Waals surface area contributed by atoms with Crippen molar-refractivity contribution in [1.29, 1.82) is 0 Å². The molecule has 1 unspecified atom stereocenters. The number of benzene rings is 2. The fraction of sp³-hybridized carbons (Fsp3) is 0.143. The number of rotatable bonds is 5. The smallest absolute Gasteiger partial charge is 0.233 e. The monoisotopic (exact) mass is 352 g/mol. The summed E-state index contributed by atoms with van der Waals surface area (Å²) in [6.45, 7) is 1.97. The molecule has 25 heavy (non-hydrogen) atoms. The molecule has 2 aromatic carbocycles. The number of aryl methyl sites for hydroxylation is 1. The summed E-state index contributed by atoms with van der Waals surface area (Å²) >= 11 is 0. The van der Waals surface area contributed by atoms with E-state index in [4.69, 9.17) is 0 Å². The van der Waals surface area contributed by atoms with E-state index in [0.717, 1.165) is 16.7 Å². The minimum absolute atomic E-state index is 0. The van der Waals surface area contributed by atoms with Gasteiger partial charge < -0.3 is 5.32 Å². The van der Waals surface area contributed by atoms with Crippen LogP contribution in [0.2, 0.25) is 0 Å². The van der Waals surface area contributed by atoms with Crippen molar-refractivity contribution in [2.45, 2.75) is 19.3 Å². The van der Waals surface area contributed by atoms with Crippen LogP contribution in [0.3, 0.4) is 0 Å². The fourth-order valence-electron chi connectivity index (χ4n) is 2.65. The first kappa shape index (κ1) is 18.7. The van der Waals surface area contributed by atoms with E-state index in [0.29, 0.717) is 12.2 Å². The molecule has 0 aliphatic carbocycles. The first-order chi connectivity index (χ1) is 11.7. The van der Waals surface area contributed by atoms with Crippen molar-refractivity contribution in [3.63, 3.8) is 0 Å². The Hall–Kier alpha value is -2.65. The quantitative estimate of drug-likeness (QED) is 0.718. The summed E-state index contributed by atoms with van der Waals surface area (Å²) in [5.74, 6) is 0.290. The molecule has 3 aromatic rings. The molecule has 0 saturated carbocycles. The zero-order valence-corrected chi connectivity index (χ0v) is 14.9. The van der Waals surface area contributed by atoms with E-state index in [1.165, 1.54) is 0 Å². The fourth-order valence-corrected chi connectivity index (χ4v) is 2.65. The molecule has 3 nitrogen and oxygen atoms in total. The molecule has 1 amide bonds. The zero-order chi connectivity index (χ0) is 16.8. The molecule has 1 N–H and O–H groups in total. The molecule has 3 rings (SSSR count). The van der Waals surface area contributed by atoms with Gasteiger partial charge in [-0.2, -0.15) is 0 Å². The molecule has 1 atom stereocenters. The summed E-state index contributed by atoms with van der Waals surface area (Å²) in [5.41, 5.74) is 3.21. The van der Waals surface area contributed by atoms with Crippen molar-refractivity contribution in [2.75, 3.05) is 5.32 Å². The summed E-state index contributed by atoms with van der Waals surface area (Å²) in [5, 5.41) is 2.94. The molecule has 0 radical (unpaired) electrons. The van der Waals surface area contributed by atoms with Crippen LogP contribution in [0.25, 0.3) is 0 Å². The van der Waals surface area contributed by atoms with Gasteiger partial charge in [-0.3, -0.25) is 4.79 Å². The Morgan fingerprint density at radius 2 is 1.60 bits per heavy atom. The van der Waals surface area contributed by atoms with Gasteiger partial charge in [0.05, 0.1) is 5.92 Å². The van der Waals surface area contributed by atoms with E-state index < -0.39 is 0 Å². The topological polar surface area (TPSA) is 42.0 Å². The highest BCUT2D eigenvalue weighted by molar-refractivity contribution is 5.95. The van der Waals surface area contributed by atoms with E-state index in [9.17, 15) is 4.79 Å². The van der Waals surface area contributed by atoms with Crippen LogP contribution in [-0.2, 0) is 11.2 Å². The number of aromatic nitrogens is 1. The molecule has 0 aliphatic heterocycles. The van der Waals surface area contributed by atoms with Gasteiger partial charge in [0, 0.05) is 6.20 Å². The highest BCUT2D eigenvalue weighted by Crippen LogP contribution is 2.22. The Bertz CT molecular complexity index is 789. The number of hydrogen-bond donors (Lipinski definition) is 1. The predicted octanol–water partition coefficient (Wildman–Crippen LogP) is 4.78. The Morgan fingerprint density at radius 3 is 2.20 bits per heavy atom. The lowest BCUT2D eigenvalue weighted by molar-refractivity contribution is -0.117. The number of hydrogen-bond acceptors (Lipinski definition) is 2. The van der Waals surface area contributed by atoms with E-state index in [1.54, 1.807) is 6.20 Å². The second kappa shape index (κ2) is 9.00. The number of anilines is 1. The van der Waals surface area contributed by atoms with Gasteiger partial charge in [-0.05, 0) is 36.1 Å². The SMILES string of the molecule is Cc1ccc(NC(=O)C(Cc2ccccc2)c2ccccc2)nc1.Cl. The van der Waals surface area contributed by atoms with Crippen molar-refractivity contribution in [3.8, 4) is 0 Å². The lowest BCUT2D eigenvalue weighted by atomic mass is 9.91. The van der Waals surface area contributed by atoms with Gasteiger partial charge in [-0.15, -0.1) is 12.4 Å². The third-order valence-corrected chi connectivity index (χ3v) is 3.96. The minimum atomic E-state index is -0.253. The Kier molecular flexibility index (Phi) is 6.72. The van der Waals surface area contributed by atoms with Crippen LogP contribution in [0.15, 0.2) is 79.0 Å². The first-order valence-electron chi connectivity index (χ1n) is 8.05. The number of pyridine rings is 1. The number of halogens is 1. The predicted molar refractivity (Wildman–Crippen MR) is 104 cm³/mol. The van der Waals surface area contributed by atoms with Gasteiger partial charge in [0.1, 0.15) is 5.82 Å². The molecule has 4 heteroatoms. The average Bonchev–Trinajstić information content (AvgIpc) is 2.63. The van der Waals surface area contributed by atoms with E-state index in [1.807, 2.05) is 79.7 Å². The van der Waals surface area contributed by atoms with E-state index in [-0.39, 0.29) is 24.2 Å². The zero-order valence-electron chi connectivity index (χ0n) is 14.1. The maximum Gasteiger partial charge on any atom is 0.233 e. The Balaban J connectivity index is 0.00000225. The van der Waals surface area contributed by atoms with Gasteiger partial charge >= 0.3 is 0 Å². The van der Waals surface area contributed by atoms with Crippen molar-refractivity contribution in [3.05, 3.63) is 95.7 Å². The molecular weight excluding hydrogens is 332 g/mol.